The molecule has 33 heavy (non-hydrogen) atoms. The molecule has 11 heteroatoms. The Kier molecular flexibility index (Phi) is 8.80. The van der Waals surface area contributed by atoms with E-state index in [2.05, 4.69) is 10.3 Å². The molecule has 1 aliphatic rings. The summed E-state index contributed by atoms with van der Waals surface area (Å²) in [4.78, 5) is 39.2. The standard InChI is InChI=1S/C14H14F2N4O2.C8H9NO2/c15-14(16)3-6-20(11(7-14)8-17)12(21)9-19-13(22)10-1-4-18-5-2-10;1-11-7-4-2-6(3-5-7)8(9)10/h1-2,4-5,11H,3,6-7,9H2,(H,19,22);2-5H,1H3,(H2,9,10). The molecule has 9 nitrogen and oxygen atoms in total. The first-order valence-corrected chi connectivity index (χ1v) is 9.86. The second-order valence-corrected chi connectivity index (χ2v) is 7.05. The molecule has 3 N–H and O–H groups in total. The third-order valence-electron chi connectivity index (χ3n) is 4.77. The highest BCUT2D eigenvalue weighted by Gasteiger charge is 2.42. The number of primary amides is 1. The van der Waals surface area contributed by atoms with E-state index in [-0.39, 0.29) is 13.1 Å². The van der Waals surface area contributed by atoms with Gasteiger partial charge in [-0.05, 0) is 36.4 Å². The highest BCUT2D eigenvalue weighted by molar-refractivity contribution is 5.96. The van der Waals surface area contributed by atoms with Crippen LogP contribution < -0.4 is 15.8 Å². The molecule has 0 bridgehead atoms. The quantitative estimate of drug-likeness (QED) is 0.699. The predicted molar refractivity (Wildman–Crippen MR) is 113 cm³/mol. The van der Waals surface area contributed by atoms with E-state index in [0.29, 0.717) is 11.1 Å². The number of nitrogens with zero attached hydrogens (tertiary/aromatic N) is 3. The van der Waals surface area contributed by atoms with Gasteiger partial charge in [0.05, 0.1) is 19.7 Å². The molecular weight excluding hydrogens is 436 g/mol. The number of carbonyl (C=O) groups is 3. The Bertz CT molecular complexity index is 1010. The zero-order valence-corrected chi connectivity index (χ0v) is 17.8. The maximum absolute atomic E-state index is 13.2. The van der Waals surface area contributed by atoms with Crippen molar-refractivity contribution in [3.05, 3.63) is 59.9 Å². The fraction of sp³-hybridized carbons (Fsp3) is 0.318. The Morgan fingerprint density at radius 3 is 2.39 bits per heavy atom. The van der Waals surface area contributed by atoms with Crippen molar-refractivity contribution in [1.82, 2.24) is 15.2 Å². The van der Waals surface area contributed by atoms with Crippen LogP contribution in [0.2, 0.25) is 0 Å². The van der Waals surface area contributed by atoms with Crippen molar-refractivity contribution in [3.8, 4) is 11.8 Å². The summed E-state index contributed by atoms with van der Waals surface area (Å²) in [6.07, 6.45) is 1.73. The largest absolute Gasteiger partial charge is 0.497 e. The number of nitrogens with two attached hydrogens (primary N) is 1. The van der Waals surface area contributed by atoms with Crippen LogP contribution in [-0.2, 0) is 4.79 Å². The Morgan fingerprint density at radius 2 is 1.85 bits per heavy atom. The van der Waals surface area contributed by atoms with Crippen LogP contribution in [0.4, 0.5) is 8.78 Å². The van der Waals surface area contributed by atoms with Crippen molar-refractivity contribution in [1.29, 1.82) is 5.26 Å². The number of ether oxygens (including phenoxy) is 1. The molecule has 1 aromatic carbocycles. The second-order valence-electron chi connectivity index (χ2n) is 7.05. The van der Waals surface area contributed by atoms with E-state index in [9.17, 15) is 23.2 Å². The minimum Gasteiger partial charge on any atom is -0.497 e. The number of aromatic nitrogens is 1. The zero-order valence-electron chi connectivity index (χ0n) is 17.8. The summed E-state index contributed by atoms with van der Waals surface area (Å²) in [7, 11) is 1.57. The number of benzene rings is 1. The molecule has 174 valence electrons. The SMILES string of the molecule is COc1ccc(C(N)=O)cc1.N#CC1CC(F)(F)CCN1C(=O)CNC(=O)c1ccncc1. The first-order chi connectivity index (χ1) is 15.7. The normalized spacial score (nSPS) is 16.4. The molecule has 1 saturated heterocycles. The fourth-order valence-electron chi connectivity index (χ4n) is 2.97. The maximum atomic E-state index is 13.2. The van der Waals surface area contributed by atoms with E-state index in [1.165, 1.54) is 24.5 Å². The van der Waals surface area contributed by atoms with Crippen LogP contribution in [0.15, 0.2) is 48.8 Å². The van der Waals surface area contributed by atoms with Gasteiger partial charge in [-0.2, -0.15) is 5.26 Å². The Balaban J connectivity index is 0.000000294. The van der Waals surface area contributed by atoms with Crippen molar-refractivity contribution in [2.24, 2.45) is 5.73 Å². The van der Waals surface area contributed by atoms with E-state index in [4.69, 9.17) is 15.7 Å². The topological polar surface area (TPSA) is 138 Å². The van der Waals surface area contributed by atoms with Crippen LogP contribution in [0.1, 0.15) is 33.6 Å². The van der Waals surface area contributed by atoms with E-state index < -0.39 is 42.5 Å². The summed E-state index contributed by atoms with van der Waals surface area (Å²) >= 11 is 0. The molecule has 1 atom stereocenters. The molecule has 0 aliphatic carbocycles. The number of hydrogen-bond donors (Lipinski definition) is 2. The highest BCUT2D eigenvalue weighted by Crippen LogP contribution is 2.31. The van der Waals surface area contributed by atoms with E-state index in [1.807, 2.05) is 0 Å². The van der Waals surface area contributed by atoms with Gasteiger partial charge < -0.3 is 20.7 Å². The highest BCUT2D eigenvalue weighted by atomic mass is 19.3. The third-order valence-corrected chi connectivity index (χ3v) is 4.77. The summed E-state index contributed by atoms with van der Waals surface area (Å²) < 4.78 is 31.4. The summed E-state index contributed by atoms with van der Waals surface area (Å²) in [5, 5.41) is 11.3. The van der Waals surface area contributed by atoms with Crippen LogP contribution in [0, 0.1) is 11.3 Å². The number of hydrogen-bond acceptors (Lipinski definition) is 6. The second kappa shape index (κ2) is 11.5. The lowest BCUT2D eigenvalue weighted by molar-refractivity contribution is -0.139. The lowest BCUT2D eigenvalue weighted by Crippen LogP contribution is -2.51. The Hall–Kier alpha value is -4.07. The molecule has 1 fully saturated rings. The maximum Gasteiger partial charge on any atom is 0.252 e. The molecule has 1 unspecified atom stereocenters. The average molecular weight is 459 g/mol. The molecule has 1 aliphatic heterocycles. The third kappa shape index (κ3) is 7.53. The molecule has 3 rings (SSSR count). The number of alkyl halides is 2. The van der Waals surface area contributed by atoms with Gasteiger partial charge in [0.1, 0.15) is 11.8 Å². The molecule has 3 amide bonds. The molecular formula is C22H23F2N5O4. The minimum atomic E-state index is -2.93. The number of rotatable bonds is 5. The Morgan fingerprint density at radius 1 is 1.21 bits per heavy atom. The van der Waals surface area contributed by atoms with Gasteiger partial charge >= 0.3 is 0 Å². The molecule has 2 heterocycles. The fourth-order valence-corrected chi connectivity index (χ4v) is 2.97. The van der Waals surface area contributed by atoms with Gasteiger partial charge in [-0.25, -0.2) is 8.78 Å². The van der Waals surface area contributed by atoms with Crippen molar-refractivity contribution in [3.63, 3.8) is 0 Å². The van der Waals surface area contributed by atoms with E-state index in [0.717, 1.165) is 10.6 Å². The van der Waals surface area contributed by atoms with E-state index in [1.54, 1.807) is 37.4 Å². The number of pyridine rings is 1. The van der Waals surface area contributed by atoms with Gasteiger partial charge in [0.25, 0.3) is 11.8 Å². The number of carbonyl (C=O) groups excluding carboxylic acids is 3. The van der Waals surface area contributed by atoms with Gasteiger partial charge in [0.15, 0.2) is 0 Å². The summed E-state index contributed by atoms with van der Waals surface area (Å²) in [6, 6.07) is 10.2. The van der Waals surface area contributed by atoms with Gasteiger partial charge in [0.2, 0.25) is 11.8 Å². The lowest BCUT2D eigenvalue weighted by atomic mass is 9.99. The molecule has 2 aromatic rings. The molecule has 0 saturated carbocycles. The van der Waals surface area contributed by atoms with Gasteiger partial charge in [0, 0.05) is 42.9 Å². The van der Waals surface area contributed by atoms with Crippen LogP contribution in [0.25, 0.3) is 0 Å². The monoisotopic (exact) mass is 459 g/mol. The predicted octanol–water partition coefficient (Wildman–Crippen LogP) is 1.76. The molecule has 0 radical (unpaired) electrons. The first kappa shape index (κ1) is 25.2. The average Bonchev–Trinajstić information content (AvgIpc) is 2.82. The van der Waals surface area contributed by atoms with Crippen LogP contribution >= 0.6 is 0 Å². The number of piperidine rings is 1. The van der Waals surface area contributed by atoms with Crippen molar-refractivity contribution in [2.45, 2.75) is 24.8 Å². The van der Waals surface area contributed by atoms with Gasteiger partial charge in [-0.3, -0.25) is 19.4 Å². The Labute approximate surface area is 189 Å². The smallest absolute Gasteiger partial charge is 0.252 e. The van der Waals surface area contributed by atoms with E-state index >= 15 is 0 Å². The number of nitrogens with one attached hydrogen (secondary N) is 1. The van der Waals surface area contributed by atoms with Crippen LogP contribution in [0.5, 0.6) is 5.75 Å². The summed E-state index contributed by atoms with van der Waals surface area (Å²) in [5.74, 6) is -3.66. The van der Waals surface area contributed by atoms with Gasteiger partial charge in [-0.15, -0.1) is 0 Å². The number of methoxy groups -OCH3 is 1. The number of amides is 3. The number of halogens is 2. The first-order valence-electron chi connectivity index (χ1n) is 9.86. The van der Waals surface area contributed by atoms with Crippen molar-refractivity contribution >= 4 is 17.7 Å². The minimum absolute atomic E-state index is 0.199. The zero-order chi connectivity index (χ0) is 24.4. The van der Waals surface area contributed by atoms with Gasteiger partial charge in [-0.1, -0.05) is 0 Å². The van der Waals surface area contributed by atoms with Crippen LogP contribution in [0.3, 0.4) is 0 Å². The number of likely N-dealkylation sites (tertiary alicyclic amines) is 1. The van der Waals surface area contributed by atoms with Crippen molar-refractivity contribution in [2.75, 3.05) is 20.2 Å². The molecule has 1 aromatic heterocycles. The summed E-state index contributed by atoms with van der Waals surface area (Å²) in [5.41, 5.74) is 5.85. The number of nitriles is 1. The molecule has 0 spiro atoms. The lowest BCUT2D eigenvalue weighted by Gasteiger charge is -2.35. The summed E-state index contributed by atoms with van der Waals surface area (Å²) in [6.45, 7) is -0.542. The van der Waals surface area contributed by atoms with Crippen LogP contribution in [-0.4, -0.2) is 59.8 Å². The van der Waals surface area contributed by atoms with Crippen molar-refractivity contribution < 1.29 is 27.9 Å².